The number of amides is 1. The number of nitrogens with one attached hydrogen (secondary N) is 1. The minimum atomic E-state index is -0.735. The van der Waals surface area contributed by atoms with E-state index >= 15 is 0 Å². The lowest BCUT2D eigenvalue weighted by Gasteiger charge is -2.10. The molecule has 0 bridgehead atoms. The van der Waals surface area contributed by atoms with Crippen molar-refractivity contribution in [3.05, 3.63) is 58.6 Å². The van der Waals surface area contributed by atoms with E-state index in [0.717, 1.165) is 0 Å². The number of rotatable bonds is 7. The van der Waals surface area contributed by atoms with E-state index in [2.05, 4.69) is 5.32 Å². The third-order valence-electron chi connectivity index (χ3n) is 3.46. The van der Waals surface area contributed by atoms with E-state index < -0.39 is 24.5 Å². The number of esters is 2. The largest absolute Gasteiger partial charge is 0.496 e. The van der Waals surface area contributed by atoms with Gasteiger partial charge >= 0.3 is 11.9 Å². The lowest BCUT2D eigenvalue weighted by atomic mass is 10.2. The van der Waals surface area contributed by atoms with Gasteiger partial charge < -0.3 is 19.5 Å². The first kappa shape index (κ1) is 21.2. The first-order chi connectivity index (χ1) is 13.3. The Balaban J connectivity index is 1.91. The summed E-state index contributed by atoms with van der Waals surface area (Å²) in [5.74, 6) is -1.43. The average molecular weight is 406 g/mol. The molecule has 0 aliphatic carbocycles. The van der Waals surface area contributed by atoms with Crippen molar-refractivity contribution in [2.24, 2.45) is 0 Å². The summed E-state index contributed by atoms with van der Waals surface area (Å²) >= 11 is 5.88. The smallest absolute Gasteiger partial charge is 0.342 e. The fraction of sp³-hybridized carbons (Fsp3) is 0.250. The van der Waals surface area contributed by atoms with Gasteiger partial charge in [-0.25, -0.2) is 9.59 Å². The van der Waals surface area contributed by atoms with Gasteiger partial charge in [-0.15, -0.1) is 0 Å². The van der Waals surface area contributed by atoms with Crippen LogP contribution >= 0.6 is 11.6 Å². The van der Waals surface area contributed by atoms with Gasteiger partial charge in [-0.1, -0.05) is 11.6 Å². The molecule has 0 aliphatic rings. The molecule has 2 aromatic rings. The van der Waals surface area contributed by atoms with Gasteiger partial charge in [-0.2, -0.15) is 0 Å². The summed E-state index contributed by atoms with van der Waals surface area (Å²) in [7, 11) is 1.41. The van der Waals surface area contributed by atoms with Crippen molar-refractivity contribution in [3.63, 3.8) is 0 Å². The molecule has 0 spiro atoms. The molecule has 0 aromatic heterocycles. The van der Waals surface area contributed by atoms with Crippen molar-refractivity contribution < 1.29 is 28.6 Å². The number of halogens is 1. The van der Waals surface area contributed by atoms with Gasteiger partial charge in [0.15, 0.2) is 6.61 Å². The number of carbonyl (C=O) groups excluding carboxylic acids is 3. The highest BCUT2D eigenvalue weighted by Crippen LogP contribution is 2.23. The second kappa shape index (κ2) is 9.75. The molecule has 2 rings (SSSR count). The van der Waals surface area contributed by atoms with E-state index in [4.69, 9.17) is 25.8 Å². The van der Waals surface area contributed by atoms with Crippen molar-refractivity contribution in [1.29, 1.82) is 0 Å². The Morgan fingerprint density at radius 3 is 2.32 bits per heavy atom. The van der Waals surface area contributed by atoms with Crippen LogP contribution in [-0.4, -0.2) is 37.7 Å². The van der Waals surface area contributed by atoms with Gasteiger partial charge in [0, 0.05) is 10.7 Å². The highest BCUT2D eigenvalue weighted by molar-refractivity contribution is 6.31. The fourth-order valence-electron chi connectivity index (χ4n) is 2.22. The standard InChI is InChI=1S/C20H20ClNO6/c1-12(2)28-19(24)13-4-7-15(8-5-13)22-18(23)11-27-20(25)16-10-14(21)6-9-17(16)26-3/h4-10,12H,11H2,1-3H3,(H,22,23). The number of benzene rings is 2. The van der Waals surface area contributed by atoms with Crippen LogP contribution < -0.4 is 10.1 Å². The molecule has 0 atom stereocenters. The van der Waals surface area contributed by atoms with E-state index in [1.165, 1.54) is 31.4 Å². The molecule has 2 aromatic carbocycles. The van der Waals surface area contributed by atoms with Gasteiger partial charge in [-0.05, 0) is 56.3 Å². The molecule has 1 N–H and O–H groups in total. The molecule has 7 nitrogen and oxygen atoms in total. The van der Waals surface area contributed by atoms with Crippen LogP contribution in [0.15, 0.2) is 42.5 Å². The molecule has 0 saturated carbocycles. The van der Waals surface area contributed by atoms with Crippen LogP contribution in [0.1, 0.15) is 34.6 Å². The van der Waals surface area contributed by atoms with Crippen molar-refractivity contribution in [3.8, 4) is 5.75 Å². The SMILES string of the molecule is COc1ccc(Cl)cc1C(=O)OCC(=O)Nc1ccc(C(=O)OC(C)C)cc1. The molecule has 0 unspecified atom stereocenters. The van der Waals surface area contributed by atoms with Crippen LogP contribution in [0, 0.1) is 0 Å². The Hall–Kier alpha value is -3.06. The number of carbonyl (C=O) groups is 3. The number of methoxy groups -OCH3 is 1. The van der Waals surface area contributed by atoms with Crippen LogP contribution in [0.4, 0.5) is 5.69 Å². The van der Waals surface area contributed by atoms with Crippen LogP contribution in [0.25, 0.3) is 0 Å². The second-order valence-corrected chi connectivity index (χ2v) is 6.44. The summed E-state index contributed by atoms with van der Waals surface area (Å²) in [5, 5.41) is 2.91. The first-order valence-corrected chi connectivity index (χ1v) is 8.79. The maximum absolute atomic E-state index is 12.1. The Labute approximate surface area is 167 Å². The van der Waals surface area contributed by atoms with Gasteiger partial charge in [0.1, 0.15) is 11.3 Å². The molecular weight excluding hydrogens is 386 g/mol. The molecule has 0 fully saturated rings. The Kier molecular flexibility index (Phi) is 7.40. The molecule has 8 heteroatoms. The number of anilines is 1. The maximum Gasteiger partial charge on any atom is 0.342 e. The van der Waals surface area contributed by atoms with E-state index in [9.17, 15) is 14.4 Å². The van der Waals surface area contributed by atoms with Crippen molar-refractivity contribution in [1.82, 2.24) is 0 Å². The minimum absolute atomic E-state index is 0.121. The Bertz CT molecular complexity index is 863. The third-order valence-corrected chi connectivity index (χ3v) is 3.70. The Morgan fingerprint density at radius 1 is 1.04 bits per heavy atom. The number of ether oxygens (including phenoxy) is 3. The highest BCUT2D eigenvalue weighted by Gasteiger charge is 2.16. The fourth-order valence-corrected chi connectivity index (χ4v) is 2.39. The van der Waals surface area contributed by atoms with E-state index in [1.54, 1.807) is 32.0 Å². The van der Waals surface area contributed by atoms with E-state index in [-0.39, 0.29) is 11.7 Å². The van der Waals surface area contributed by atoms with Crippen molar-refractivity contribution in [2.75, 3.05) is 19.0 Å². The number of hydrogen-bond acceptors (Lipinski definition) is 6. The molecule has 1 amide bonds. The summed E-state index contributed by atoms with van der Waals surface area (Å²) in [6, 6.07) is 10.7. The quantitative estimate of drug-likeness (QED) is 0.706. The monoisotopic (exact) mass is 405 g/mol. The van der Waals surface area contributed by atoms with Crippen LogP contribution in [0.5, 0.6) is 5.75 Å². The summed E-state index contributed by atoms with van der Waals surface area (Å²) in [5.41, 5.74) is 0.935. The zero-order chi connectivity index (χ0) is 20.7. The summed E-state index contributed by atoms with van der Waals surface area (Å²) < 4.78 is 15.2. The zero-order valence-electron chi connectivity index (χ0n) is 15.7. The maximum atomic E-state index is 12.1. The third kappa shape index (κ3) is 5.99. The zero-order valence-corrected chi connectivity index (χ0v) is 16.4. The molecule has 0 radical (unpaired) electrons. The Morgan fingerprint density at radius 2 is 1.71 bits per heavy atom. The second-order valence-electron chi connectivity index (χ2n) is 6.00. The molecule has 0 aliphatic heterocycles. The molecule has 148 valence electrons. The topological polar surface area (TPSA) is 90.9 Å². The van der Waals surface area contributed by atoms with E-state index in [0.29, 0.717) is 22.0 Å². The molecule has 28 heavy (non-hydrogen) atoms. The number of hydrogen-bond donors (Lipinski definition) is 1. The van der Waals surface area contributed by atoms with Gasteiger partial charge in [0.25, 0.3) is 5.91 Å². The predicted octanol–water partition coefficient (Wildman–Crippen LogP) is 3.71. The van der Waals surface area contributed by atoms with Crippen LogP contribution in [0.3, 0.4) is 0 Å². The molecule has 0 saturated heterocycles. The summed E-state index contributed by atoms with van der Waals surface area (Å²) in [4.78, 5) is 35.9. The highest BCUT2D eigenvalue weighted by atomic mass is 35.5. The van der Waals surface area contributed by atoms with Crippen molar-refractivity contribution >= 4 is 35.1 Å². The molecule has 0 heterocycles. The van der Waals surface area contributed by atoms with Gasteiger partial charge in [0.2, 0.25) is 0 Å². The normalized spacial score (nSPS) is 10.3. The van der Waals surface area contributed by atoms with Crippen LogP contribution in [-0.2, 0) is 14.3 Å². The lowest BCUT2D eigenvalue weighted by Crippen LogP contribution is -2.21. The predicted molar refractivity (Wildman–Crippen MR) is 104 cm³/mol. The van der Waals surface area contributed by atoms with Crippen LogP contribution in [0.2, 0.25) is 5.02 Å². The van der Waals surface area contributed by atoms with Gasteiger partial charge in [-0.3, -0.25) is 4.79 Å². The first-order valence-electron chi connectivity index (χ1n) is 8.41. The lowest BCUT2D eigenvalue weighted by molar-refractivity contribution is -0.119. The summed E-state index contributed by atoms with van der Waals surface area (Å²) in [6.07, 6.45) is -0.223. The minimum Gasteiger partial charge on any atom is -0.496 e. The molecular formula is C20H20ClNO6. The summed E-state index contributed by atoms with van der Waals surface area (Å²) in [6.45, 7) is 3.02. The van der Waals surface area contributed by atoms with Gasteiger partial charge in [0.05, 0.1) is 18.8 Å². The van der Waals surface area contributed by atoms with E-state index in [1.807, 2.05) is 0 Å². The van der Waals surface area contributed by atoms with Crippen molar-refractivity contribution in [2.45, 2.75) is 20.0 Å². The average Bonchev–Trinajstić information content (AvgIpc) is 2.66.